The summed E-state index contributed by atoms with van der Waals surface area (Å²) in [4.78, 5) is 17.6. The van der Waals surface area contributed by atoms with Crippen molar-refractivity contribution in [2.24, 2.45) is 5.92 Å². The number of amides is 1. The number of hydrogen-bond acceptors (Lipinski definition) is 3. The Labute approximate surface area is 108 Å². The van der Waals surface area contributed by atoms with Gasteiger partial charge >= 0.3 is 0 Å². The van der Waals surface area contributed by atoms with Gasteiger partial charge in [-0.3, -0.25) is 4.79 Å². The van der Waals surface area contributed by atoms with Gasteiger partial charge in [-0.15, -0.1) is 12.3 Å². The first-order valence-corrected chi connectivity index (χ1v) is 6.01. The van der Waals surface area contributed by atoms with E-state index in [1.807, 2.05) is 13.0 Å². The van der Waals surface area contributed by atoms with Crippen LogP contribution in [-0.4, -0.2) is 17.4 Å². The molecule has 0 saturated carbocycles. The minimum absolute atomic E-state index is 0.00259. The van der Waals surface area contributed by atoms with Crippen LogP contribution in [0.4, 0.5) is 11.5 Å². The van der Waals surface area contributed by atoms with Crippen LogP contribution in [0, 0.1) is 25.2 Å². The van der Waals surface area contributed by atoms with Crippen molar-refractivity contribution in [3.8, 4) is 12.3 Å². The number of pyridine rings is 1. The van der Waals surface area contributed by atoms with E-state index in [4.69, 9.17) is 12.2 Å². The molecule has 4 nitrogen and oxygen atoms in total. The topological polar surface area (TPSA) is 59.2 Å². The van der Waals surface area contributed by atoms with Gasteiger partial charge in [0.05, 0.1) is 11.4 Å². The first kappa shape index (κ1) is 11.9. The Balaban J connectivity index is 2.39. The van der Waals surface area contributed by atoms with Gasteiger partial charge in [0.1, 0.15) is 5.82 Å². The number of carbonyl (C=O) groups excluding carboxylic acids is 1. The molecule has 1 aromatic rings. The van der Waals surface area contributed by atoms with Gasteiger partial charge in [0.25, 0.3) is 0 Å². The molecule has 0 aromatic carbocycles. The van der Waals surface area contributed by atoms with Crippen LogP contribution in [0.2, 0.25) is 0 Å². The molecule has 17 heavy (non-hydrogen) atoms. The third-order valence-corrected chi connectivity index (χ3v) is 3.61. The average molecular weight is 294 g/mol. The number of aromatic nitrogens is 1. The lowest BCUT2D eigenvalue weighted by molar-refractivity contribution is -0.117. The Hall–Kier alpha value is -1.54. The highest BCUT2D eigenvalue weighted by Gasteiger charge is 2.31. The zero-order valence-electron chi connectivity index (χ0n) is 9.40. The summed E-state index contributed by atoms with van der Waals surface area (Å²) in [5.74, 6) is 2.92. The number of rotatable bonds is 1. The molecule has 0 aliphatic carbocycles. The molecule has 0 spiro atoms. The molecule has 1 amide bonds. The molecule has 1 aliphatic heterocycles. The van der Waals surface area contributed by atoms with E-state index in [0.29, 0.717) is 24.5 Å². The van der Waals surface area contributed by atoms with E-state index in [2.05, 4.69) is 26.8 Å². The lowest BCUT2D eigenvalue weighted by atomic mass is 10.1. The summed E-state index contributed by atoms with van der Waals surface area (Å²) in [7, 11) is 0. The summed E-state index contributed by atoms with van der Waals surface area (Å²) in [6.07, 6.45) is 5.72. The van der Waals surface area contributed by atoms with E-state index in [0.717, 1.165) is 10.2 Å². The summed E-state index contributed by atoms with van der Waals surface area (Å²) < 4.78 is 0.832. The highest BCUT2D eigenvalue weighted by atomic mass is 79.9. The molecule has 1 aromatic heterocycles. The molecule has 2 heterocycles. The van der Waals surface area contributed by atoms with Gasteiger partial charge in [0.15, 0.2) is 0 Å². The van der Waals surface area contributed by atoms with Crippen molar-refractivity contribution in [2.75, 3.05) is 17.2 Å². The second-order valence-electron chi connectivity index (χ2n) is 4.03. The van der Waals surface area contributed by atoms with Gasteiger partial charge in [0.2, 0.25) is 5.91 Å². The molecule has 88 valence electrons. The van der Waals surface area contributed by atoms with Crippen molar-refractivity contribution in [2.45, 2.75) is 13.3 Å². The monoisotopic (exact) mass is 293 g/mol. The van der Waals surface area contributed by atoms with Gasteiger partial charge < -0.3 is 10.6 Å². The molecular formula is C12H12BrN3O. The first-order chi connectivity index (χ1) is 8.02. The van der Waals surface area contributed by atoms with Gasteiger partial charge in [-0.25, -0.2) is 4.98 Å². The second kappa shape index (κ2) is 4.38. The van der Waals surface area contributed by atoms with Crippen LogP contribution in [0.5, 0.6) is 0 Å². The Morgan fingerprint density at radius 2 is 2.41 bits per heavy atom. The lowest BCUT2D eigenvalue weighted by Crippen LogP contribution is -2.25. The van der Waals surface area contributed by atoms with E-state index in [9.17, 15) is 4.79 Å². The summed E-state index contributed by atoms with van der Waals surface area (Å²) in [6, 6.07) is 1.81. The molecule has 1 aliphatic rings. The zero-order valence-corrected chi connectivity index (χ0v) is 11.0. The highest BCUT2D eigenvalue weighted by molar-refractivity contribution is 9.10. The second-order valence-corrected chi connectivity index (χ2v) is 4.89. The van der Waals surface area contributed by atoms with E-state index >= 15 is 0 Å². The Morgan fingerprint density at radius 3 is 3.00 bits per heavy atom. The SMILES string of the molecule is C#CC1CC(=O)N(c2cc(Br)c(C)nc2N)C1. The molecule has 2 N–H and O–H groups in total. The van der Waals surface area contributed by atoms with E-state index in [1.54, 1.807) is 4.90 Å². The maximum Gasteiger partial charge on any atom is 0.228 e. The normalized spacial score (nSPS) is 19.5. The van der Waals surface area contributed by atoms with E-state index < -0.39 is 0 Å². The van der Waals surface area contributed by atoms with Crippen molar-refractivity contribution < 1.29 is 4.79 Å². The Kier molecular flexibility index (Phi) is 3.07. The number of anilines is 2. The molecule has 1 fully saturated rings. The smallest absolute Gasteiger partial charge is 0.228 e. The molecular weight excluding hydrogens is 282 g/mol. The summed E-state index contributed by atoms with van der Waals surface area (Å²) >= 11 is 3.38. The molecule has 1 unspecified atom stereocenters. The standard InChI is InChI=1S/C12H12BrN3O/c1-3-8-4-11(17)16(6-8)10-5-9(13)7(2)15-12(10)14/h1,5,8H,4,6H2,2H3,(H2,14,15). The average Bonchev–Trinajstić information content (AvgIpc) is 2.65. The van der Waals surface area contributed by atoms with Crippen LogP contribution in [-0.2, 0) is 4.79 Å². The number of nitrogen functional groups attached to an aromatic ring is 1. The van der Waals surface area contributed by atoms with Crippen LogP contribution in [0.3, 0.4) is 0 Å². The van der Waals surface area contributed by atoms with Crippen molar-refractivity contribution in [3.63, 3.8) is 0 Å². The summed E-state index contributed by atoms with van der Waals surface area (Å²) in [6.45, 7) is 2.36. The zero-order chi connectivity index (χ0) is 12.6. The Morgan fingerprint density at radius 1 is 1.71 bits per heavy atom. The number of carbonyl (C=O) groups is 1. The highest BCUT2D eigenvalue weighted by Crippen LogP contribution is 2.31. The van der Waals surface area contributed by atoms with Crippen molar-refractivity contribution >= 4 is 33.3 Å². The van der Waals surface area contributed by atoms with Crippen LogP contribution >= 0.6 is 15.9 Å². The molecule has 0 bridgehead atoms. The fourth-order valence-corrected chi connectivity index (χ4v) is 2.16. The van der Waals surface area contributed by atoms with Crippen molar-refractivity contribution in [3.05, 3.63) is 16.2 Å². The minimum atomic E-state index is -0.0398. The molecule has 2 rings (SSSR count). The number of nitrogens with two attached hydrogens (primary N) is 1. The molecule has 1 atom stereocenters. The predicted molar refractivity (Wildman–Crippen MR) is 70.4 cm³/mol. The number of halogens is 1. The van der Waals surface area contributed by atoms with Crippen LogP contribution in [0.1, 0.15) is 12.1 Å². The lowest BCUT2D eigenvalue weighted by Gasteiger charge is -2.18. The third-order valence-electron chi connectivity index (χ3n) is 2.81. The third kappa shape index (κ3) is 2.13. The Bertz CT molecular complexity index is 521. The van der Waals surface area contributed by atoms with Crippen LogP contribution in [0.15, 0.2) is 10.5 Å². The van der Waals surface area contributed by atoms with Crippen molar-refractivity contribution in [1.82, 2.24) is 4.98 Å². The van der Waals surface area contributed by atoms with Gasteiger partial charge in [-0.05, 0) is 28.9 Å². The fraction of sp³-hybridized carbons (Fsp3) is 0.333. The minimum Gasteiger partial charge on any atom is -0.382 e. The number of aryl methyl sites for hydroxylation is 1. The van der Waals surface area contributed by atoms with Gasteiger partial charge in [-0.1, -0.05) is 0 Å². The van der Waals surface area contributed by atoms with E-state index in [-0.39, 0.29) is 11.8 Å². The fourth-order valence-electron chi connectivity index (χ4n) is 1.86. The maximum atomic E-state index is 11.8. The van der Waals surface area contributed by atoms with E-state index in [1.165, 1.54) is 0 Å². The number of terminal acetylenes is 1. The summed E-state index contributed by atoms with van der Waals surface area (Å²) in [5, 5.41) is 0. The van der Waals surface area contributed by atoms with Gasteiger partial charge in [0, 0.05) is 23.4 Å². The molecule has 1 saturated heterocycles. The molecule has 0 radical (unpaired) electrons. The summed E-state index contributed by atoms with van der Waals surface area (Å²) in [5.41, 5.74) is 7.27. The predicted octanol–water partition coefficient (Wildman–Crippen LogP) is 1.72. The van der Waals surface area contributed by atoms with Gasteiger partial charge in [-0.2, -0.15) is 0 Å². The van der Waals surface area contributed by atoms with Crippen LogP contribution in [0.25, 0.3) is 0 Å². The van der Waals surface area contributed by atoms with Crippen LogP contribution < -0.4 is 10.6 Å². The maximum absolute atomic E-state index is 11.8. The first-order valence-electron chi connectivity index (χ1n) is 5.22. The number of nitrogens with zero attached hydrogens (tertiary/aromatic N) is 2. The number of hydrogen-bond donors (Lipinski definition) is 1. The van der Waals surface area contributed by atoms with Crippen molar-refractivity contribution in [1.29, 1.82) is 0 Å². The molecule has 5 heteroatoms. The quantitative estimate of drug-likeness (QED) is 0.802. The largest absolute Gasteiger partial charge is 0.382 e.